The summed E-state index contributed by atoms with van der Waals surface area (Å²) >= 11 is 5.98. The van der Waals surface area contributed by atoms with Gasteiger partial charge in [0.2, 0.25) is 11.8 Å². The van der Waals surface area contributed by atoms with Crippen LogP contribution in [-0.2, 0) is 9.59 Å². The van der Waals surface area contributed by atoms with E-state index in [1.165, 1.54) is 12.8 Å². The number of hydrogen-bond donors (Lipinski definition) is 1. The first-order valence-electron chi connectivity index (χ1n) is 8.30. The average molecular weight is 337 g/mol. The van der Waals surface area contributed by atoms with Crippen LogP contribution < -0.4 is 5.32 Å². The molecule has 0 atom stereocenters. The molecule has 2 amide bonds. The van der Waals surface area contributed by atoms with Gasteiger partial charge < -0.3 is 10.2 Å². The van der Waals surface area contributed by atoms with E-state index in [1.807, 2.05) is 13.0 Å². The summed E-state index contributed by atoms with van der Waals surface area (Å²) in [4.78, 5) is 26.1. The molecule has 0 unspecified atom stereocenters. The molecule has 2 rings (SSSR count). The first-order chi connectivity index (χ1) is 11.0. The number of halogens is 1. The Balaban J connectivity index is 2.02. The maximum absolute atomic E-state index is 12.4. The second kappa shape index (κ2) is 8.34. The zero-order valence-corrected chi connectivity index (χ0v) is 14.7. The van der Waals surface area contributed by atoms with Gasteiger partial charge in [-0.25, -0.2) is 0 Å². The van der Waals surface area contributed by atoms with Crippen molar-refractivity contribution in [1.82, 2.24) is 4.90 Å². The normalized spacial score (nSPS) is 15.8. The highest BCUT2D eigenvalue weighted by atomic mass is 35.5. The smallest absolute Gasteiger partial charge is 0.244 e. The summed E-state index contributed by atoms with van der Waals surface area (Å²) in [6.45, 7) is 3.56. The molecule has 1 aromatic carbocycles. The predicted octanol–water partition coefficient (Wildman–Crippen LogP) is 4.16. The number of benzene rings is 1. The van der Waals surface area contributed by atoms with Gasteiger partial charge in [-0.3, -0.25) is 9.59 Å². The molecule has 126 valence electrons. The Labute approximate surface area is 143 Å². The summed E-state index contributed by atoms with van der Waals surface area (Å²) in [7, 11) is 0. The second-order valence-corrected chi connectivity index (χ2v) is 6.74. The van der Waals surface area contributed by atoms with Gasteiger partial charge in [-0.05, 0) is 37.5 Å². The second-order valence-electron chi connectivity index (χ2n) is 6.30. The van der Waals surface area contributed by atoms with Gasteiger partial charge in [0.15, 0.2) is 0 Å². The lowest BCUT2D eigenvalue weighted by Crippen LogP contribution is -2.43. The Bertz CT molecular complexity index is 566. The summed E-state index contributed by atoms with van der Waals surface area (Å²) in [5.74, 6) is -0.204. The Morgan fingerprint density at radius 2 is 1.87 bits per heavy atom. The standard InChI is InChI=1S/C18H25ClN2O2/c1-13-9-10-15(19)11-17(13)20-18(23)12-21(14(2)22)16-7-5-3-4-6-8-16/h9-11,16H,3-8,12H2,1-2H3,(H,20,23). The molecule has 1 saturated carbocycles. The van der Waals surface area contributed by atoms with Crippen LogP contribution >= 0.6 is 11.6 Å². The molecule has 0 saturated heterocycles. The third-order valence-electron chi connectivity index (χ3n) is 4.46. The van der Waals surface area contributed by atoms with Crippen LogP contribution in [0.25, 0.3) is 0 Å². The van der Waals surface area contributed by atoms with Crippen LogP contribution in [0.3, 0.4) is 0 Å². The van der Waals surface area contributed by atoms with Gasteiger partial charge >= 0.3 is 0 Å². The van der Waals surface area contributed by atoms with E-state index in [4.69, 9.17) is 11.6 Å². The summed E-state index contributed by atoms with van der Waals surface area (Å²) in [6, 6.07) is 5.58. The molecule has 0 aliphatic heterocycles. The largest absolute Gasteiger partial charge is 0.331 e. The van der Waals surface area contributed by atoms with Crippen molar-refractivity contribution in [1.29, 1.82) is 0 Å². The topological polar surface area (TPSA) is 49.4 Å². The maximum atomic E-state index is 12.4. The van der Waals surface area contributed by atoms with Crippen molar-refractivity contribution in [2.75, 3.05) is 11.9 Å². The summed E-state index contributed by atoms with van der Waals surface area (Å²) < 4.78 is 0. The summed E-state index contributed by atoms with van der Waals surface area (Å²) in [6.07, 6.45) is 6.67. The molecule has 1 N–H and O–H groups in total. The number of rotatable bonds is 4. The van der Waals surface area contributed by atoms with Crippen LogP contribution in [0.2, 0.25) is 5.02 Å². The summed E-state index contributed by atoms with van der Waals surface area (Å²) in [5.41, 5.74) is 1.65. The molecule has 1 aliphatic rings. The van der Waals surface area contributed by atoms with Crippen LogP contribution in [-0.4, -0.2) is 29.3 Å². The monoisotopic (exact) mass is 336 g/mol. The highest BCUT2D eigenvalue weighted by molar-refractivity contribution is 6.31. The van der Waals surface area contributed by atoms with Crippen molar-refractivity contribution in [3.05, 3.63) is 28.8 Å². The number of carbonyl (C=O) groups excluding carboxylic acids is 2. The SMILES string of the molecule is CC(=O)N(CC(=O)Nc1cc(Cl)ccc1C)C1CCCCCC1. The molecular formula is C18H25ClN2O2. The van der Waals surface area contributed by atoms with Gasteiger partial charge in [-0.15, -0.1) is 0 Å². The number of nitrogens with zero attached hydrogens (tertiary/aromatic N) is 1. The number of carbonyl (C=O) groups is 2. The minimum absolute atomic E-state index is 0.0325. The minimum Gasteiger partial charge on any atom is -0.331 e. The zero-order chi connectivity index (χ0) is 16.8. The molecule has 0 aromatic heterocycles. The van der Waals surface area contributed by atoms with Crippen molar-refractivity contribution in [2.45, 2.75) is 58.4 Å². The van der Waals surface area contributed by atoms with Crippen molar-refractivity contribution < 1.29 is 9.59 Å². The first-order valence-corrected chi connectivity index (χ1v) is 8.68. The van der Waals surface area contributed by atoms with Crippen molar-refractivity contribution in [2.24, 2.45) is 0 Å². The molecule has 0 spiro atoms. The first kappa shape index (κ1) is 17.8. The van der Waals surface area contributed by atoms with Crippen molar-refractivity contribution in [3.8, 4) is 0 Å². The lowest BCUT2D eigenvalue weighted by Gasteiger charge is -2.29. The quantitative estimate of drug-likeness (QED) is 0.839. The molecular weight excluding hydrogens is 312 g/mol. The molecule has 4 nitrogen and oxygen atoms in total. The highest BCUT2D eigenvalue weighted by Crippen LogP contribution is 2.23. The van der Waals surface area contributed by atoms with Crippen LogP contribution in [0.4, 0.5) is 5.69 Å². The predicted molar refractivity (Wildman–Crippen MR) is 93.7 cm³/mol. The number of amides is 2. The maximum Gasteiger partial charge on any atom is 0.244 e. The molecule has 0 radical (unpaired) electrons. The molecule has 0 bridgehead atoms. The highest BCUT2D eigenvalue weighted by Gasteiger charge is 2.24. The van der Waals surface area contributed by atoms with E-state index in [9.17, 15) is 9.59 Å². The van der Waals surface area contributed by atoms with Crippen molar-refractivity contribution in [3.63, 3.8) is 0 Å². The number of anilines is 1. The van der Waals surface area contributed by atoms with Gasteiger partial charge in [0, 0.05) is 23.7 Å². The van der Waals surface area contributed by atoms with E-state index in [0.29, 0.717) is 10.7 Å². The van der Waals surface area contributed by atoms with Gasteiger partial charge in [0.05, 0.1) is 0 Å². The lowest BCUT2D eigenvalue weighted by molar-refractivity contribution is -0.135. The lowest BCUT2D eigenvalue weighted by atomic mass is 10.1. The number of hydrogen-bond acceptors (Lipinski definition) is 2. The molecule has 5 heteroatoms. The van der Waals surface area contributed by atoms with E-state index in [0.717, 1.165) is 31.2 Å². The molecule has 1 aliphatic carbocycles. The Hall–Kier alpha value is -1.55. The summed E-state index contributed by atoms with van der Waals surface area (Å²) in [5, 5.41) is 3.46. The van der Waals surface area contributed by atoms with Crippen molar-refractivity contribution >= 4 is 29.1 Å². The fourth-order valence-corrected chi connectivity index (χ4v) is 3.31. The van der Waals surface area contributed by atoms with Crippen LogP contribution in [0.5, 0.6) is 0 Å². The number of aryl methyl sites for hydroxylation is 1. The number of nitrogens with one attached hydrogen (secondary N) is 1. The van der Waals surface area contributed by atoms with E-state index >= 15 is 0 Å². The van der Waals surface area contributed by atoms with Gasteiger partial charge in [-0.1, -0.05) is 43.4 Å². The van der Waals surface area contributed by atoms with E-state index in [-0.39, 0.29) is 24.4 Å². The average Bonchev–Trinajstić information content (AvgIpc) is 2.77. The van der Waals surface area contributed by atoms with Crippen LogP contribution in [0, 0.1) is 6.92 Å². The molecule has 1 aromatic rings. The van der Waals surface area contributed by atoms with Gasteiger partial charge in [0.25, 0.3) is 0 Å². The molecule has 1 fully saturated rings. The van der Waals surface area contributed by atoms with Crippen LogP contribution in [0.1, 0.15) is 51.0 Å². The Morgan fingerprint density at radius 1 is 1.22 bits per heavy atom. The Kier molecular flexibility index (Phi) is 6.46. The van der Waals surface area contributed by atoms with E-state index < -0.39 is 0 Å². The third-order valence-corrected chi connectivity index (χ3v) is 4.69. The van der Waals surface area contributed by atoms with Gasteiger partial charge in [-0.2, -0.15) is 0 Å². The fourth-order valence-electron chi connectivity index (χ4n) is 3.14. The zero-order valence-electron chi connectivity index (χ0n) is 13.9. The molecule has 0 heterocycles. The molecule has 23 heavy (non-hydrogen) atoms. The van der Waals surface area contributed by atoms with E-state index in [2.05, 4.69) is 5.32 Å². The Morgan fingerprint density at radius 3 is 2.48 bits per heavy atom. The van der Waals surface area contributed by atoms with E-state index in [1.54, 1.807) is 24.0 Å². The van der Waals surface area contributed by atoms with Crippen LogP contribution in [0.15, 0.2) is 18.2 Å². The van der Waals surface area contributed by atoms with Gasteiger partial charge in [0.1, 0.15) is 6.54 Å². The third kappa shape index (κ3) is 5.24. The fraction of sp³-hybridized carbons (Fsp3) is 0.556. The minimum atomic E-state index is -0.171.